The van der Waals surface area contributed by atoms with Crippen molar-refractivity contribution >= 4 is 21.6 Å². The Balaban J connectivity index is 1.29. The van der Waals surface area contributed by atoms with Crippen LogP contribution in [0.5, 0.6) is 0 Å². The van der Waals surface area contributed by atoms with Gasteiger partial charge in [0, 0.05) is 44.5 Å². The van der Waals surface area contributed by atoms with Gasteiger partial charge in [-0.05, 0) is 53.4 Å². The maximum Gasteiger partial charge on any atom is 0.251 e. The molecule has 1 heterocycles. The SMILES string of the molecule is COCCNS(=O)(=O)c1ccc(C(=O)NCc2ccc(CN3CCc4ccccc43)cc2)cc1. The van der Waals surface area contributed by atoms with E-state index in [2.05, 4.69) is 51.3 Å². The number of nitrogens with one attached hydrogen (secondary N) is 2. The van der Waals surface area contributed by atoms with Crippen molar-refractivity contribution in [3.05, 3.63) is 95.1 Å². The van der Waals surface area contributed by atoms with E-state index in [1.165, 1.54) is 48.2 Å². The number of fused-ring (bicyclic) bond motifs is 1. The molecule has 8 heteroatoms. The summed E-state index contributed by atoms with van der Waals surface area (Å²) in [5, 5.41) is 2.89. The topological polar surface area (TPSA) is 87.7 Å². The third kappa shape index (κ3) is 5.83. The first kappa shape index (κ1) is 23.9. The van der Waals surface area contributed by atoms with Gasteiger partial charge in [0.1, 0.15) is 0 Å². The van der Waals surface area contributed by atoms with E-state index < -0.39 is 10.0 Å². The van der Waals surface area contributed by atoms with E-state index in [1.807, 2.05) is 12.1 Å². The molecule has 0 aliphatic carbocycles. The molecule has 0 atom stereocenters. The van der Waals surface area contributed by atoms with E-state index in [4.69, 9.17) is 4.74 Å². The molecule has 4 rings (SSSR count). The molecule has 0 saturated heterocycles. The van der Waals surface area contributed by atoms with E-state index in [0.717, 1.165) is 25.1 Å². The molecule has 0 radical (unpaired) electrons. The largest absolute Gasteiger partial charge is 0.383 e. The summed E-state index contributed by atoms with van der Waals surface area (Å²) in [6, 6.07) is 22.6. The van der Waals surface area contributed by atoms with Crippen LogP contribution in [0.2, 0.25) is 0 Å². The molecule has 178 valence electrons. The molecule has 1 aliphatic rings. The summed E-state index contributed by atoms with van der Waals surface area (Å²) < 4.78 is 31.8. The predicted octanol–water partition coefficient (Wildman–Crippen LogP) is 3.10. The summed E-state index contributed by atoms with van der Waals surface area (Å²) in [5.41, 5.74) is 5.33. The highest BCUT2D eigenvalue weighted by molar-refractivity contribution is 7.89. The second-order valence-corrected chi connectivity index (χ2v) is 9.98. The Morgan fingerprint density at radius 3 is 2.41 bits per heavy atom. The first-order valence-electron chi connectivity index (χ1n) is 11.2. The molecular weight excluding hydrogens is 450 g/mol. The van der Waals surface area contributed by atoms with Gasteiger partial charge in [-0.2, -0.15) is 0 Å². The predicted molar refractivity (Wildman–Crippen MR) is 132 cm³/mol. The zero-order valence-electron chi connectivity index (χ0n) is 19.2. The lowest BCUT2D eigenvalue weighted by molar-refractivity contribution is 0.0951. The van der Waals surface area contributed by atoms with E-state index in [1.54, 1.807) is 0 Å². The number of hydrogen-bond donors (Lipinski definition) is 2. The Bertz CT molecular complexity index is 1230. The molecule has 7 nitrogen and oxygen atoms in total. The minimum Gasteiger partial charge on any atom is -0.383 e. The first-order valence-corrected chi connectivity index (χ1v) is 12.7. The Morgan fingerprint density at radius 1 is 0.971 bits per heavy atom. The molecule has 0 bridgehead atoms. The van der Waals surface area contributed by atoms with Gasteiger partial charge in [-0.3, -0.25) is 4.79 Å². The van der Waals surface area contributed by atoms with Crippen molar-refractivity contribution in [2.24, 2.45) is 0 Å². The van der Waals surface area contributed by atoms with Crippen molar-refractivity contribution in [3.63, 3.8) is 0 Å². The fraction of sp³-hybridized carbons (Fsp3) is 0.269. The molecule has 0 unspecified atom stereocenters. The third-order valence-electron chi connectivity index (χ3n) is 5.86. The number of amides is 1. The fourth-order valence-corrected chi connectivity index (χ4v) is 5.00. The fourth-order valence-electron chi connectivity index (χ4n) is 3.99. The number of sulfonamides is 1. The van der Waals surface area contributed by atoms with E-state index in [0.29, 0.717) is 12.1 Å². The lowest BCUT2D eigenvalue weighted by Gasteiger charge is -2.19. The van der Waals surface area contributed by atoms with Crippen LogP contribution in [-0.2, 0) is 34.3 Å². The van der Waals surface area contributed by atoms with Crippen LogP contribution < -0.4 is 14.9 Å². The number of methoxy groups -OCH3 is 1. The van der Waals surface area contributed by atoms with Crippen LogP contribution in [0, 0.1) is 0 Å². The van der Waals surface area contributed by atoms with E-state index >= 15 is 0 Å². The van der Waals surface area contributed by atoms with Crippen molar-refractivity contribution in [2.75, 3.05) is 31.7 Å². The maximum atomic E-state index is 12.5. The highest BCUT2D eigenvalue weighted by atomic mass is 32.2. The number of hydrogen-bond acceptors (Lipinski definition) is 5. The van der Waals surface area contributed by atoms with Crippen LogP contribution in [0.15, 0.2) is 77.7 Å². The molecule has 0 spiro atoms. The van der Waals surface area contributed by atoms with Crippen LogP contribution >= 0.6 is 0 Å². The molecule has 3 aromatic carbocycles. The summed E-state index contributed by atoms with van der Waals surface area (Å²) in [7, 11) is -2.12. The highest BCUT2D eigenvalue weighted by Crippen LogP contribution is 2.28. The quantitative estimate of drug-likeness (QED) is 0.437. The zero-order valence-corrected chi connectivity index (χ0v) is 20.0. The number of ether oxygens (including phenoxy) is 1. The second-order valence-electron chi connectivity index (χ2n) is 8.21. The van der Waals surface area contributed by atoms with Crippen molar-refractivity contribution in [3.8, 4) is 0 Å². The lowest BCUT2D eigenvalue weighted by Crippen LogP contribution is -2.27. The van der Waals surface area contributed by atoms with Crippen LogP contribution in [0.4, 0.5) is 5.69 Å². The molecule has 1 aliphatic heterocycles. The van der Waals surface area contributed by atoms with Crippen LogP contribution in [-0.4, -0.2) is 41.1 Å². The summed E-state index contributed by atoms with van der Waals surface area (Å²) in [6.07, 6.45) is 1.08. The van der Waals surface area contributed by atoms with Crippen molar-refractivity contribution in [2.45, 2.75) is 24.4 Å². The molecule has 0 saturated carbocycles. The van der Waals surface area contributed by atoms with Crippen LogP contribution in [0.25, 0.3) is 0 Å². The Kier molecular flexibility index (Phi) is 7.62. The third-order valence-corrected chi connectivity index (χ3v) is 7.33. The van der Waals surface area contributed by atoms with Gasteiger partial charge in [0.2, 0.25) is 10.0 Å². The number of rotatable bonds is 10. The van der Waals surface area contributed by atoms with Crippen LogP contribution in [0.1, 0.15) is 27.0 Å². The standard InChI is InChI=1S/C26H29N3O4S/c1-33-17-15-28-34(31,32)24-12-10-23(11-13-24)26(30)27-18-20-6-8-21(9-7-20)19-29-16-14-22-4-2-3-5-25(22)29/h2-13,28H,14-19H2,1H3,(H,27,30). The number of anilines is 1. The van der Waals surface area contributed by atoms with Crippen molar-refractivity contribution in [1.82, 2.24) is 10.0 Å². The number of carbonyl (C=O) groups is 1. The molecule has 1 amide bonds. The minimum absolute atomic E-state index is 0.108. The Hall–Kier alpha value is -3.20. The normalized spacial score (nSPS) is 13.0. The minimum atomic E-state index is -3.62. The van der Waals surface area contributed by atoms with Gasteiger partial charge in [0.05, 0.1) is 11.5 Å². The zero-order chi connectivity index (χ0) is 24.0. The molecule has 34 heavy (non-hydrogen) atoms. The molecular formula is C26H29N3O4S. The molecule has 2 N–H and O–H groups in total. The average Bonchev–Trinajstić information content (AvgIpc) is 3.26. The summed E-state index contributed by atoms with van der Waals surface area (Å²) in [5.74, 6) is -0.256. The molecule has 0 fully saturated rings. The molecule has 3 aromatic rings. The second kappa shape index (κ2) is 10.8. The smallest absolute Gasteiger partial charge is 0.251 e. The van der Waals surface area contributed by atoms with Gasteiger partial charge in [-0.25, -0.2) is 13.1 Å². The Morgan fingerprint density at radius 2 is 1.68 bits per heavy atom. The van der Waals surface area contributed by atoms with E-state index in [9.17, 15) is 13.2 Å². The van der Waals surface area contributed by atoms with Gasteiger partial charge in [-0.15, -0.1) is 0 Å². The summed E-state index contributed by atoms with van der Waals surface area (Å²) >= 11 is 0. The number of benzene rings is 3. The Labute approximate surface area is 200 Å². The van der Waals surface area contributed by atoms with Crippen molar-refractivity contribution in [1.29, 1.82) is 0 Å². The monoisotopic (exact) mass is 479 g/mol. The average molecular weight is 480 g/mol. The first-order chi connectivity index (χ1) is 16.5. The number of carbonyl (C=O) groups excluding carboxylic acids is 1. The van der Waals surface area contributed by atoms with Gasteiger partial charge in [-0.1, -0.05) is 42.5 Å². The van der Waals surface area contributed by atoms with E-state index in [-0.39, 0.29) is 24.0 Å². The van der Waals surface area contributed by atoms with Gasteiger partial charge in [0.15, 0.2) is 0 Å². The van der Waals surface area contributed by atoms with Gasteiger partial charge in [0.25, 0.3) is 5.91 Å². The number of nitrogens with zero attached hydrogens (tertiary/aromatic N) is 1. The van der Waals surface area contributed by atoms with Crippen LogP contribution in [0.3, 0.4) is 0 Å². The summed E-state index contributed by atoms with van der Waals surface area (Å²) in [4.78, 5) is 15.0. The van der Waals surface area contributed by atoms with Gasteiger partial charge >= 0.3 is 0 Å². The van der Waals surface area contributed by atoms with Gasteiger partial charge < -0.3 is 15.0 Å². The highest BCUT2D eigenvalue weighted by Gasteiger charge is 2.18. The molecule has 0 aromatic heterocycles. The summed E-state index contributed by atoms with van der Waals surface area (Å²) in [6.45, 7) is 2.75. The number of para-hydroxylation sites is 1. The van der Waals surface area contributed by atoms with Crippen molar-refractivity contribution < 1.29 is 17.9 Å². The lowest BCUT2D eigenvalue weighted by atomic mass is 10.1. The maximum absolute atomic E-state index is 12.5.